The molecule has 5 nitrogen and oxygen atoms in total. The van der Waals surface area contributed by atoms with Gasteiger partial charge in [0.25, 0.3) is 5.91 Å². The molecule has 42 heavy (non-hydrogen) atoms. The molecule has 1 aromatic carbocycles. The number of halogens is 4. The first kappa shape index (κ1) is 36.9. The van der Waals surface area contributed by atoms with Crippen LogP contribution in [0.25, 0.3) is 0 Å². The zero-order valence-electron chi connectivity index (χ0n) is 25.6. The van der Waals surface area contributed by atoms with Crippen LogP contribution < -0.4 is 5.32 Å². The van der Waals surface area contributed by atoms with Crippen LogP contribution in [0.2, 0.25) is 5.02 Å². The van der Waals surface area contributed by atoms with Crippen molar-refractivity contribution in [3.8, 4) is 0 Å². The van der Waals surface area contributed by atoms with Gasteiger partial charge >= 0.3 is 6.18 Å². The fraction of sp³-hybridized carbons (Fsp3) is 0.406. The van der Waals surface area contributed by atoms with Crippen LogP contribution in [0.5, 0.6) is 0 Å². The van der Waals surface area contributed by atoms with E-state index in [2.05, 4.69) is 24.2 Å². The van der Waals surface area contributed by atoms with Crippen molar-refractivity contribution in [1.82, 2.24) is 4.90 Å². The molecule has 0 spiro atoms. The van der Waals surface area contributed by atoms with E-state index in [4.69, 9.17) is 11.6 Å². The van der Waals surface area contributed by atoms with Crippen molar-refractivity contribution in [2.24, 2.45) is 4.99 Å². The number of alkyl halides is 3. The van der Waals surface area contributed by atoms with E-state index in [9.17, 15) is 22.8 Å². The average Bonchev–Trinajstić information content (AvgIpc) is 3.32. The second kappa shape index (κ2) is 17.7. The Morgan fingerprint density at radius 2 is 1.76 bits per heavy atom. The Hall–Kier alpha value is -3.17. The third kappa shape index (κ3) is 11.2. The molecule has 0 saturated heterocycles. The van der Waals surface area contributed by atoms with Crippen LogP contribution >= 0.6 is 22.9 Å². The van der Waals surface area contributed by atoms with E-state index in [1.165, 1.54) is 23.8 Å². The molecule has 1 amide bonds. The van der Waals surface area contributed by atoms with Crippen molar-refractivity contribution in [1.29, 1.82) is 0 Å². The summed E-state index contributed by atoms with van der Waals surface area (Å²) in [5.41, 5.74) is 3.26. The molecule has 1 aromatic heterocycles. The van der Waals surface area contributed by atoms with Crippen LogP contribution in [0.15, 0.2) is 63.9 Å². The van der Waals surface area contributed by atoms with Gasteiger partial charge in [0.05, 0.1) is 28.1 Å². The first-order valence-electron chi connectivity index (χ1n) is 13.8. The molecule has 0 radical (unpaired) electrons. The second-order valence-corrected chi connectivity index (χ2v) is 11.1. The maximum absolute atomic E-state index is 12.9. The summed E-state index contributed by atoms with van der Waals surface area (Å²) in [6.45, 7) is 13.8. The highest BCUT2D eigenvalue weighted by atomic mass is 35.5. The number of ketones is 1. The Bertz CT molecular complexity index is 1340. The van der Waals surface area contributed by atoms with Gasteiger partial charge < -0.3 is 10.2 Å². The van der Waals surface area contributed by atoms with Gasteiger partial charge in [-0.25, -0.2) is 0 Å². The number of aliphatic imine (C=N–C) groups is 1. The summed E-state index contributed by atoms with van der Waals surface area (Å²) in [7, 11) is 1.90. The van der Waals surface area contributed by atoms with E-state index < -0.39 is 22.7 Å². The third-order valence-corrected chi connectivity index (χ3v) is 7.12. The number of nitrogens with one attached hydrogen (secondary N) is 1. The molecule has 1 aliphatic heterocycles. The minimum absolute atomic E-state index is 0.0554. The van der Waals surface area contributed by atoms with Crippen molar-refractivity contribution < 1.29 is 22.8 Å². The first-order valence-corrected chi connectivity index (χ1v) is 15.1. The minimum atomic E-state index is -4.57. The number of Topliss-reactive ketones (excluding diaryl/α,β-unsaturated/α-hetero) is 1. The number of thiophene rings is 1. The van der Waals surface area contributed by atoms with Gasteiger partial charge in [0.1, 0.15) is 0 Å². The lowest BCUT2D eigenvalue weighted by molar-refractivity contribution is -0.137. The van der Waals surface area contributed by atoms with Gasteiger partial charge in [-0.1, -0.05) is 63.8 Å². The quantitative estimate of drug-likeness (QED) is 0.312. The predicted octanol–water partition coefficient (Wildman–Crippen LogP) is 9.89. The Morgan fingerprint density at radius 1 is 1.12 bits per heavy atom. The molecule has 0 atom stereocenters. The Labute approximate surface area is 256 Å². The van der Waals surface area contributed by atoms with Crippen LogP contribution in [0.1, 0.15) is 87.7 Å². The van der Waals surface area contributed by atoms with Crippen LogP contribution in [-0.2, 0) is 23.8 Å². The highest BCUT2D eigenvalue weighted by Crippen LogP contribution is 2.36. The molecule has 0 fully saturated rings. The number of carbonyl (C=O) groups is 2. The van der Waals surface area contributed by atoms with Crippen molar-refractivity contribution in [3.63, 3.8) is 0 Å². The molecule has 2 heterocycles. The molecule has 1 N–H and O–H groups in total. The van der Waals surface area contributed by atoms with Crippen LogP contribution in [0.3, 0.4) is 0 Å². The van der Waals surface area contributed by atoms with Gasteiger partial charge in [-0.15, -0.1) is 11.3 Å². The summed E-state index contributed by atoms with van der Waals surface area (Å²) in [4.78, 5) is 31.0. The maximum atomic E-state index is 12.9. The monoisotopic (exact) mass is 623 g/mol. The summed E-state index contributed by atoms with van der Waals surface area (Å²) in [5, 5.41) is 3.91. The fourth-order valence-electron chi connectivity index (χ4n) is 3.78. The van der Waals surface area contributed by atoms with E-state index in [0.717, 1.165) is 53.1 Å². The summed E-state index contributed by atoms with van der Waals surface area (Å²) < 4.78 is 38.7. The van der Waals surface area contributed by atoms with Gasteiger partial charge in [-0.3, -0.25) is 14.6 Å². The molecule has 0 aliphatic carbocycles. The van der Waals surface area contributed by atoms with Crippen LogP contribution in [0, 0.1) is 0 Å². The number of rotatable bonds is 7. The first-order chi connectivity index (χ1) is 19.7. The maximum Gasteiger partial charge on any atom is 0.417 e. The molecule has 1 aliphatic rings. The average molecular weight is 624 g/mol. The van der Waals surface area contributed by atoms with Crippen molar-refractivity contribution in [3.05, 3.63) is 85.5 Å². The lowest BCUT2D eigenvalue weighted by Gasteiger charge is -2.19. The smallest absolute Gasteiger partial charge is 0.348 e. The Balaban J connectivity index is 0.000000419. The minimum Gasteiger partial charge on any atom is -0.348 e. The second-order valence-electron chi connectivity index (χ2n) is 9.77. The molecule has 0 bridgehead atoms. The fourth-order valence-corrected chi connectivity index (χ4v) is 5.04. The molecular weight excluding hydrogens is 583 g/mol. The molecular formula is C32H41ClF3N3O2S. The summed E-state index contributed by atoms with van der Waals surface area (Å²) in [6.07, 6.45) is 6.29. The lowest BCUT2D eigenvalue weighted by Crippen LogP contribution is -2.18. The lowest BCUT2D eigenvalue weighted by atomic mass is 10.0. The number of allylic oxidation sites excluding steroid dienone is 4. The molecule has 0 unspecified atom stereocenters. The van der Waals surface area contributed by atoms with Gasteiger partial charge in [0.2, 0.25) is 0 Å². The van der Waals surface area contributed by atoms with E-state index in [1.807, 2.05) is 51.9 Å². The summed E-state index contributed by atoms with van der Waals surface area (Å²) in [5.74, 6) is -0.343. The zero-order chi connectivity index (χ0) is 32.0. The molecule has 0 saturated carbocycles. The van der Waals surface area contributed by atoms with Crippen LogP contribution in [0.4, 0.5) is 18.9 Å². The SMILES string of the molecule is CC(=O)/C(C=C(C)C)=C1\C=NC=CN1C.CCC.CCCc1c(C(=O)Nc2ccc(Cl)c(C(F)(F)F)c2)csc1CC. The highest BCUT2D eigenvalue weighted by Gasteiger charge is 2.33. The van der Waals surface area contributed by atoms with Gasteiger partial charge in [0.15, 0.2) is 5.78 Å². The van der Waals surface area contributed by atoms with Crippen molar-refractivity contribution in [2.75, 3.05) is 12.4 Å². The van der Waals surface area contributed by atoms with E-state index in [-0.39, 0.29) is 11.5 Å². The molecule has 3 rings (SSSR count). The Kier molecular flexibility index (Phi) is 15.5. The number of hydrogen-bond donors (Lipinski definition) is 1. The normalized spacial score (nSPS) is 13.4. The molecule has 10 heteroatoms. The standard InChI is InChI=1S/C17H17ClF3NOS.C12H16N2O.C3H8/c1-3-5-11-12(9-24-15(11)4-2)16(23)22-10-6-7-14(18)13(8-10)17(19,20)21;1-9(2)7-11(10(3)15)12-8-13-5-6-14(12)4;1-3-2/h6-9H,3-5H2,1-2H3,(H,22,23);5-8H,1-4H3;3H2,1-2H3/b;12-11+;. The number of nitrogens with zero attached hydrogens (tertiary/aromatic N) is 2. The van der Waals surface area contributed by atoms with Gasteiger partial charge in [-0.05, 0) is 57.4 Å². The number of aryl methyl sites for hydroxylation is 1. The third-order valence-electron chi connectivity index (χ3n) is 5.62. The Morgan fingerprint density at radius 3 is 2.26 bits per heavy atom. The zero-order valence-corrected chi connectivity index (χ0v) is 27.2. The number of anilines is 1. The number of benzene rings is 1. The topological polar surface area (TPSA) is 61.8 Å². The summed E-state index contributed by atoms with van der Waals surface area (Å²) >= 11 is 7.09. The molecule has 2 aromatic rings. The van der Waals surface area contributed by atoms with Crippen LogP contribution in [-0.4, -0.2) is 29.9 Å². The number of amides is 1. The van der Waals surface area contributed by atoms with E-state index >= 15 is 0 Å². The van der Waals surface area contributed by atoms with E-state index in [1.54, 1.807) is 24.7 Å². The van der Waals surface area contributed by atoms with Crippen molar-refractivity contribution >= 4 is 46.5 Å². The van der Waals surface area contributed by atoms with Gasteiger partial charge in [-0.2, -0.15) is 13.2 Å². The number of carbonyl (C=O) groups excluding carboxylic acids is 2. The molecule has 230 valence electrons. The van der Waals surface area contributed by atoms with Crippen molar-refractivity contribution in [2.45, 2.75) is 80.3 Å². The van der Waals surface area contributed by atoms with Gasteiger partial charge in [0, 0.05) is 41.0 Å². The highest BCUT2D eigenvalue weighted by molar-refractivity contribution is 7.10. The largest absolute Gasteiger partial charge is 0.417 e. The predicted molar refractivity (Wildman–Crippen MR) is 171 cm³/mol. The summed E-state index contributed by atoms with van der Waals surface area (Å²) in [6, 6.07) is 3.35. The number of hydrogen-bond acceptors (Lipinski definition) is 5. The van der Waals surface area contributed by atoms with E-state index in [0.29, 0.717) is 11.1 Å².